The Balaban J connectivity index is 0.00000144. The summed E-state index contributed by atoms with van der Waals surface area (Å²) in [6.45, 7) is 9.43. The third kappa shape index (κ3) is 3.65. The molecule has 0 radical (unpaired) electrons. The van der Waals surface area contributed by atoms with Crippen molar-refractivity contribution in [2.24, 2.45) is 5.92 Å². The normalized spacial score (nSPS) is 27.2. The van der Waals surface area contributed by atoms with Crippen molar-refractivity contribution in [1.29, 1.82) is 0 Å². The van der Waals surface area contributed by atoms with E-state index in [0.717, 1.165) is 18.2 Å². The molecule has 1 saturated heterocycles. The molecule has 0 spiro atoms. The quantitative estimate of drug-likeness (QED) is 0.668. The predicted molar refractivity (Wildman–Crippen MR) is 62.0 cm³/mol. The molecule has 0 amide bonds. The zero-order valence-electron chi connectivity index (χ0n) is 8.85. The van der Waals surface area contributed by atoms with Crippen LogP contribution in [-0.2, 0) is 0 Å². The van der Waals surface area contributed by atoms with Gasteiger partial charge in [-0.15, -0.1) is 24.0 Å². The molecule has 0 bridgehead atoms. The maximum atomic E-state index is 5.68. The molecular weight excluding hydrogens is 205 g/mol. The summed E-state index contributed by atoms with van der Waals surface area (Å²) in [4.78, 5) is 2.57. The van der Waals surface area contributed by atoms with Gasteiger partial charge in [0.2, 0.25) is 0 Å². The van der Waals surface area contributed by atoms with Crippen molar-refractivity contribution in [1.82, 2.24) is 4.90 Å². The van der Waals surface area contributed by atoms with Gasteiger partial charge < -0.3 is 0 Å². The van der Waals surface area contributed by atoms with Gasteiger partial charge in [0.1, 0.15) is 0 Å². The molecule has 0 aromatic rings. The maximum Gasteiger partial charge on any atom is 0.0235 e. The lowest BCUT2D eigenvalue weighted by atomic mass is 9.98. The number of hydrogen-bond donors (Lipinski definition) is 0. The third-order valence-electron chi connectivity index (χ3n) is 2.80. The average molecular weight is 226 g/mol. The fourth-order valence-electron chi connectivity index (χ4n) is 2.31. The first kappa shape index (κ1) is 13.5. The number of rotatable bonds is 3. The SMILES string of the molecule is CC1CN(CCCCl)C(C)(C)C1.Cl. The van der Waals surface area contributed by atoms with Crippen LogP contribution in [0.5, 0.6) is 0 Å². The van der Waals surface area contributed by atoms with E-state index >= 15 is 0 Å². The summed E-state index contributed by atoms with van der Waals surface area (Å²) in [5.74, 6) is 1.65. The number of halogens is 2. The summed E-state index contributed by atoms with van der Waals surface area (Å²) in [6, 6.07) is 0. The van der Waals surface area contributed by atoms with Gasteiger partial charge in [-0.2, -0.15) is 0 Å². The zero-order valence-corrected chi connectivity index (χ0v) is 10.4. The van der Waals surface area contributed by atoms with E-state index in [1.54, 1.807) is 0 Å². The first-order valence-corrected chi connectivity index (χ1v) is 5.41. The van der Waals surface area contributed by atoms with Crippen molar-refractivity contribution in [2.75, 3.05) is 19.0 Å². The highest BCUT2D eigenvalue weighted by Crippen LogP contribution is 2.31. The Labute approximate surface area is 93.2 Å². The molecule has 0 aliphatic carbocycles. The van der Waals surface area contributed by atoms with Gasteiger partial charge >= 0.3 is 0 Å². The van der Waals surface area contributed by atoms with Crippen LogP contribution in [0.25, 0.3) is 0 Å². The lowest BCUT2D eigenvalue weighted by molar-refractivity contribution is 0.175. The predicted octanol–water partition coefficient (Wildman–Crippen LogP) is 3.16. The first-order valence-electron chi connectivity index (χ1n) is 4.87. The topological polar surface area (TPSA) is 3.24 Å². The van der Waals surface area contributed by atoms with Crippen molar-refractivity contribution >= 4 is 24.0 Å². The molecule has 1 nitrogen and oxygen atoms in total. The summed E-state index contributed by atoms with van der Waals surface area (Å²) in [5.41, 5.74) is 0.408. The van der Waals surface area contributed by atoms with Crippen LogP contribution in [0.2, 0.25) is 0 Å². The largest absolute Gasteiger partial charge is 0.298 e. The highest BCUT2D eigenvalue weighted by Gasteiger charge is 2.35. The Bertz CT molecular complexity index is 148. The molecule has 0 N–H and O–H groups in total. The van der Waals surface area contributed by atoms with Crippen molar-refractivity contribution < 1.29 is 0 Å². The molecule has 1 aliphatic rings. The fraction of sp³-hybridized carbons (Fsp3) is 1.00. The molecule has 0 saturated carbocycles. The molecule has 1 aliphatic heterocycles. The van der Waals surface area contributed by atoms with Crippen LogP contribution in [0.4, 0.5) is 0 Å². The monoisotopic (exact) mass is 225 g/mol. The number of hydrogen-bond acceptors (Lipinski definition) is 1. The average Bonchev–Trinajstić information content (AvgIpc) is 2.20. The Morgan fingerprint density at radius 2 is 2.08 bits per heavy atom. The van der Waals surface area contributed by atoms with Gasteiger partial charge in [0, 0.05) is 18.0 Å². The molecule has 1 atom stereocenters. The van der Waals surface area contributed by atoms with Crippen LogP contribution >= 0.6 is 24.0 Å². The minimum absolute atomic E-state index is 0. The minimum atomic E-state index is 0. The van der Waals surface area contributed by atoms with E-state index < -0.39 is 0 Å². The van der Waals surface area contributed by atoms with Gasteiger partial charge in [-0.3, -0.25) is 4.90 Å². The summed E-state index contributed by atoms with van der Waals surface area (Å²) < 4.78 is 0. The Morgan fingerprint density at radius 1 is 1.46 bits per heavy atom. The van der Waals surface area contributed by atoms with Gasteiger partial charge in [0.15, 0.2) is 0 Å². The molecular formula is C10H21Cl2N. The standard InChI is InChI=1S/C10H20ClN.ClH/c1-9-7-10(2,3)12(8-9)6-4-5-11;/h9H,4-8H2,1-3H3;1H. The Kier molecular flexibility index (Phi) is 5.65. The lowest BCUT2D eigenvalue weighted by Crippen LogP contribution is -2.38. The van der Waals surface area contributed by atoms with E-state index in [4.69, 9.17) is 11.6 Å². The number of alkyl halides is 1. The summed E-state index contributed by atoms with van der Waals surface area (Å²) >= 11 is 5.68. The van der Waals surface area contributed by atoms with E-state index in [2.05, 4.69) is 25.7 Å². The summed E-state index contributed by atoms with van der Waals surface area (Å²) in [7, 11) is 0. The molecule has 0 aromatic carbocycles. The van der Waals surface area contributed by atoms with Crippen LogP contribution in [0, 0.1) is 5.92 Å². The second kappa shape index (κ2) is 5.43. The molecule has 1 unspecified atom stereocenters. The van der Waals surface area contributed by atoms with Gasteiger partial charge in [-0.25, -0.2) is 0 Å². The second-order valence-electron chi connectivity index (χ2n) is 4.61. The van der Waals surface area contributed by atoms with Crippen molar-refractivity contribution in [3.8, 4) is 0 Å². The summed E-state index contributed by atoms with van der Waals surface area (Å²) in [5, 5.41) is 0. The molecule has 80 valence electrons. The van der Waals surface area contributed by atoms with E-state index in [0.29, 0.717) is 5.54 Å². The number of nitrogens with zero attached hydrogens (tertiary/aromatic N) is 1. The lowest BCUT2D eigenvalue weighted by Gasteiger charge is -2.31. The van der Waals surface area contributed by atoms with E-state index in [1.165, 1.54) is 19.5 Å². The Morgan fingerprint density at radius 3 is 2.46 bits per heavy atom. The molecule has 0 aromatic heterocycles. The maximum absolute atomic E-state index is 5.68. The highest BCUT2D eigenvalue weighted by atomic mass is 35.5. The van der Waals surface area contributed by atoms with Crippen LogP contribution in [0.15, 0.2) is 0 Å². The molecule has 3 heteroatoms. The van der Waals surface area contributed by atoms with Crippen LogP contribution in [0.3, 0.4) is 0 Å². The van der Waals surface area contributed by atoms with Crippen LogP contribution < -0.4 is 0 Å². The molecule has 1 fully saturated rings. The van der Waals surface area contributed by atoms with Crippen LogP contribution in [-0.4, -0.2) is 29.4 Å². The third-order valence-corrected chi connectivity index (χ3v) is 3.07. The van der Waals surface area contributed by atoms with E-state index in [-0.39, 0.29) is 12.4 Å². The van der Waals surface area contributed by atoms with Crippen LogP contribution in [0.1, 0.15) is 33.6 Å². The first-order chi connectivity index (χ1) is 5.56. The van der Waals surface area contributed by atoms with Crippen molar-refractivity contribution in [3.63, 3.8) is 0 Å². The van der Waals surface area contributed by atoms with Crippen molar-refractivity contribution in [2.45, 2.75) is 39.2 Å². The number of likely N-dealkylation sites (tertiary alicyclic amines) is 1. The van der Waals surface area contributed by atoms with E-state index in [9.17, 15) is 0 Å². The Hall–Kier alpha value is 0.540. The van der Waals surface area contributed by atoms with Gasteiger partial charge in [0.25, 0.3) is 0 Å². The highest BCUT2D eigenvalue weighted by molar-refractivity contribution is 6.17. The second-order valence-corrected chi connectivity index (χ2v) is 4.99. The molecule has 1 heterocycles. The fourth-order valence-corrected chi connectivity index (χ4v) is 2.43. The van der Waals surface area contributed by atoms with Gasteiger partial charge in [0.05, 0.1) is 0 Å². The molecule has 1 rings (SSSR count). The van der Waals surface area contributed by atoms with Crippen molar-refractivity contribution in [3.05, 3.63) is 0 Å². The van der Waals surface area contributed by atoms with Gasteiger partial charge in [-0.1, -0.05) is 6.92 Å². The van der Waals surface area contributed by atoms with E-state index in [1.807, 2.05) is 0 Å². The minimum Gasteiger partial charge on any atom is -0.298 e. The smallest absolute Gasteiger partial charge is 0.0235 e. The zero-order chi connectivity index (χ0) is 9.19. The van der Waals surface area contributed by atoms with Gasteiger partial charge in [-0.05, 0) is 39.2 Å². The molecule has 13 heavy (non-hydrogen) atoms. The summed E-state index contributed by atoms with van der Waals surface area (Å²) in [6.07, 6.45) is 2.45.